The van der Waals surface area contributed by atoms with Gasteiger partial charge in [-0.3, -0.25) is 4.79 Å². The summed E-state index contributed by atoms with van der Waals surface area (Å²) in [5.74, 6) is 0.585. The van der Waals surface area contributed by atoms with Gasteiger partial charge in [0.25, 0.3) is 5.56 Å². The molecule has 0 aliphatic heterocycles. The van der Waals surface area contributed by atoms with Gasteiger partial charge in [-0.1, -0.05) is 11.6 Å². The number of hydrogen-bond donors (Lipinski definition) is 2. The van der Waals surface area contributed by atoms with E-state index in [1.807, 2.05) is 12.3 Å². The lowest BCUT2D eigenvalue weighted by molar-refractivity contribution is 0.654. The van der Waals surface area contributed by atoms with Crippen LogP contribution < -0.4 is 10.9 Å². The highest BCUT2D eigenvalue weighted by Gasteiger charge is 2.05. The predicted octanol–water partition coefficient (Wildman–Crippen LogP) is 2.63. The summed E-state index contributed by atoms with van der Waals surface area (Å²) < 4.78 is 0. The molecule has 3 aromatic rings. The average Bonchev–Trinajstić information content (AvgIpc) is 2.84. The summed E-state index contributed by atoms with van der Waals surface area (Å²) in [6.07, 6.45) is 0. The smallest absolute Gasteiger partial charge is 0.258 e. The van der Waals surface area contributed by atoms with E-state index in [1.165, 1.54) is 0 Å². The fourth-order valence-corrected chi connectivity index (χ4v) is 2.82. The molecule has 0 unspecified atom stereocenters. The second kappa shape index (κ2) is 5.93. The number of aromatic amines is 1. The van der Waals surface area contributed by atoms with Gasteiger partial charge < -0.3 is 10.3 Å². The van der Waals surface area contributed by atoms with Crippen LogP contribution >= 0.6 is 22.9 Å². The molecule has 0 spiro atoms. The monoisotopic (exact) mass is 320 g/mol. The van der Waals surface area contributed by atoms with Gasteiger partial charge in [0, 0.05) is 16.9 Å². The molecule has 108 valence electrons. The number of thiazole rings is 1. The number of aryl methyl sites for hydroxylation is 1. The number of nitrogens with one attached hydrogen (secondary N) is 2. The van der Waals surface area contributed by atoms with E-state index < -0.39 is 0 Å². The third-order valence-corrected chi connectivity index (χ3v) is 4.04. The zero-order valence-electron chi connectivity index (χ0n) is 11.3. The topological polar surface area (TPSA) is 70.7 Å². The van der Waals surface area contributed by atoms with Crippen molar-refractivity contribution in [2.75, 3.05) is 0 Å². The van der Waals surface area contributed by atoms with E-state index in [-0.39, 0.29) is 5.56 Å². The van der Waals surface area contributed by atoms with Crippen molar-refractivity contribution in [3.8, 4) is 0 Å². The zero-order valence-corrected chi connectivity index (χ0v) is 12.9. The largest absolute Gasteiger partial charge is 0.309 e. The van der Waals surface area contributed by atoms with E-state index in [1.54, 1.807) is 29.5 Å². The first-order valence-electron chi connectivity index (χ1n) is 6.42. The minimum atomic E-state index is -0.155. The number of H-pyrrole nitrogens is 1. The van der Waals surface area contributed by atoms with Crippen LogP contribution in [0.5, 0.6) is 0 Å². The second-order valence-electron chi connectivity index (χ2n) is 4.64. The molecule has 0 saturated carbocycles. The van der Waals surface area contributed by atoms with Crippen molar-refractivity contribution in [1.29, 1.82) is 0 Å². The Labute approximate surface area is 130 Å². The van der Waals surface area contributed by atoms with Gasteiger partial charge in [0.1, 0.15) is 5.82 Å². The number of nitrogens with zero attached hydrogens (tertiary/aromatic N) is 2. The minimum absolute atomic E-state index is 0.155. The molecule has 0 amide bonds. The minimum Gasteiger partial charge on any atom is -0.309 e. The molecule has 0 aliphatic rings. The molecule has 0 aliphatic carbocycles. The van der Waals surface area contributed by atoms with Crippen LogP contribution in [-0.2, 0) is 13.1 Å². The summed E-state index contributed by atoms with van der Waals surface area (Å²) in [6, 6.07) is 5.06. The number of hydrogen-bond acceptors (Lipinski definition) is 5. The number of fused-ring (bicyclic) bond motifs is 1. The first-order chi connectivity index (χ1) is 10.1. The highest BCUT2D eigenvalue weighted by Crippen LogP contribution is 2.14. The van der Waals surface area contributed by atoms with Crippen LogP contribution in [0.25, 0.3) is 10.9 Å². The number of benzene rings is 1. The molecule has 0 fully saturated rings. The van der Waals surface area contributed by atoms with Crippen LogP contribution in [0.2, 0.25) is 5.02 Å². The third-order valence-electron chi connectivity index (χ3n) is 2.98. The van der Waals surface area contributed by atoms with Crippen LogP contribution in [0.1, 0.15) is 16.5 Å². The van der Waals surface area contributed by atoms with Crippen LogP contribution in [0.3, 0.4) is 0 Å². The van der Waals surface area contributed by atoms with Crippen molar-refractivity contribution in [2.24, 2.45) is 0 Å². The molecule has 0 atom stereocenters. The van der Waals surface area contributed by atoms with Crippen molar-refractivity contribution in [2.45, 2.75) is 20.0 Å². The van der Waals surface area contributed by atoms with Gasteiger partial charge in [-0.25, -0.2) is 9.97 Å². The lowest BCUT2D eigenvalue weighted by atomic mass is 10.2. The molecule has 0 radical (unpaired) electrons. The molecule has 3 rings (SSSR count). The Balaban J connectivity index is 1.76. The first kappa shape index (κ1) is 14.2. The van der Waals surface area contributed by atoms with Gasteiger partial charge in [-0.2, -0.15) is 0 Å². The SMILES string of the molecule is Cc1nc(CNCc2nc3cc(Cl)ccc3c(=O)[nH]2)cs1. The van der Waals surface area contributed by atoms with Crippen LogP contribution in [0.15, 0.2) is 28.4 Å². The Morgan fingerprint density at radius 2 is 2.19 bits per heavy atom. The quantitative estimate of drug-likeness (QED) is 0.775. The van der Waals surface area contributed by atoms with Crippen molar-refractivity contribution in [1.82, 2.24) is 20.3 Å². The standard InChI is InChI=1S/C14H13ClN4OS/c1-8-17-10(7-21-8)5-16-6-13-18-12-4-9(15)2-3-11(12)14(20)19-13/h2-4,7,16H,5-6H2,1H3,(H,18,19,20). The molecule has 2 aromatic heterocycles. The second-order valence-corrected chi connectivity index (χ2v) is 6.13. The summed E-state index contributed by atoms with van der Waals surface area (Å²) in [6.45, 7) is 3.08. The van der Waals surface area contributed by atoms with E-state index in [0.29, 0.717) is 34.8 Å². The van der Waals surface area contributed by atoms with Crippen molar-refractivity contribution < 1.29 is 0 Å². The lowest BCUT2D eigenvalue weighted by Crippen LogP contribution is -2.19. The van der Waals surface area contributed by atoms with E-state index in [4.69, 9.17) is 11.6 Å². The number of rotatable bonds is 4. The summed E-state index contributed by atoms with van der Waals surface area (Å²) in [4.78, 5) is 23.5. The Morgan fingerprint density at radius 1 is 1.33 bits per heavy atom. The Morgan fingerprint density at radius 3 is 2.95 bits per heavy atom. The molecule has 7 heteroatoms. The summed E-state index contributed by atoms with van der Waals surface area (Å²) >= 11 is 7.55. The van der Waals surface area contributed by atoms with Gasteiger partial charge in [0.05, 0.1) is 28.1 Å². The molecule has 2 N–H and O–H groups in total. The maximum atomic E-state index is 12.0. The average molecular weight is 321 g/mol. The molecular formula is C14H13ClN4OS. The molecule has 21 heavy (non-hydrogen) atoms. The predicted molar refractivity (Wildman–Crippen MR) is 84.8 cm³/mol. The van der Waals surface area contributed by atoms with E-state index in [9.17, 15) is 4.79 Å². The van der Waals surface area contributed by atoms with E-state index >= 15 is 0 Å². The molecular weight excluding hydrogens is 308 g/mol. The van der Waals surface area contributed by atoms with Gasteiger partial charge in [0.15, 0.2) is 0 Å². The normalized spacial score (nSPS) is 11.1. The molecule has 5 nitrogen and oxygen atoms in total. The molecule has 0 bridgehead atoms. The Bertz CT molecular complexity index is 842. The highest BCUT2D eigenvalue weighted by molar-refractivity contribution is 7.09. The molecule has 0 saturated heterocycles. The van der Waals surface area contributed by atoms with Gasteiger partial charge in [-0.05, 0) is 25.1 Å². The number of halogens is 1. The van der Waals surface area contributed by atoms with Crippen molar-refractivity contribution in [3.05, 3.63) is 55.5 Å². The fraction of sp³-hybridized carbons (Fsp3) is 0.214. The van der Waals surface area contributed by atoms with Crippen LogP contribution in [0.4, 0.5) is 0 Å². The van der Waals surface area contributed by atoms with Crippen molar-refractivity contribution in [3.63, 3.8) is 0 Å². The highest BCUT2D eigenvalue weighted by atomic mass is 35.5. The van der Waals surface area contributed by atoms with E-state index in [0.717, 1.165) is 10.7 Å². The summed E-state index contributed by atoms with van der Waals surface area (Å²) in [5, 5.41) is 7.38. The summed E-state index contributed by atoms with van der Waals surface area (Å²) in [7, 11) is 0. The van der Waals surface area contributed by atoms with Crippen molar-refractivity contribution >= 4 is 33.8 Å². The number of aromatic nitrogens is 3. The van der Waals surface area contributed by atoms with Gasteiger partial charge in [0.2, 0.25) is 0 Å². The zero-order chi connectivity index (χ0) is 14.8. The Hall–Kier alpha value is -1.76. The first-order valence-corrected chi connectivity index (χ1v) is 7.68. The lowest BCUT2D eigenvalue weighted by Gasteiger charge is -2.04. The maximum Gasteiger partial charge on any atom is 0.258 e. The van der Waals surface area contributed by atoms with E-state index in [2.05, 4.69) is 20.3 Å². The van der Waals surface area contributed by atoms with Gasteiger partial charge >= 0.3 is 0 Å². The Kier molecular flexibility index (Phi) is 4.01. The van der Waals surface area contributed by atoms with Gasteiger partial charge in [-0.15, -0.1) is 11.3 Å². The molecule has 2 heterocycles. The summed E-state index contributed by atoms with van der Waals surface area (Å²) in [5.41, 5.74) is 1.44. The van der Waals surface area contributed by atoms with Crippen LogP contribution in [0, 0.1) is 6.92 Å². The molecule has 1 aromatic carbocycles. The maximum absolute atomic E-state index is 12.0. The fourth-order valence-electron chi connectivity index (χ4n) is 2.04. The third kappa shape index (κ3) is 3.29. The van der Waals surface area contributed by atoms with Crippen LogP contribution in [-0.4, -0.2) is 15.0 Å².